The Labute approximate surface area is 188 Å². The second-order valence-electron chi connectivity index (χ2n) is 11.7. The lowest BCUT2D eigenvalue weighted by molar-refractivity contribution is -0.171. The molecule has 174 valence electrons. The first-order valence-corrected chi connectivity index (χ1v) is 13.2. The number of hydrogen-bond donors (Lipinski definition) is 0. The van der Waals surface area contributed by atoms with Crippen LogP contribution in [0.3, 0.4) is 0 Å². The molecule has 0 aromatic heterocycles. The molecule has 0 spiro atoms. The molecule has 2 saturated heterocycles. The number of amides is 2. The number of piperazine rings is 1. The van der Waals surface area contributed by atoms with Gasteiger partial charge in [-0.05, 0) is 75.5 Å². The predicted octanol–water partition coefficient (Wildman–Crippen LogP) is 4.11. The largest absolute Gasteiger partial charge is 0.379 e. The van der Waals surface area contributed by atoms with Crippen LogP contribution in [0.2, 0.25) is 0 Å². The molecule has 3 saturated carbocycles. The molecule has 2 amide bonds. The highest BCUT2D eigenvalue weighted by atomic mass is 16.5. The van der Waals surface area contributed by atoms with Gasteiger partial charge in [-0.1, -0.05) is 25.7 Å². The van der Waals surface area contributed by atoms with E-state index in [1.807, 2.05) is 16.7 Å². The van der Waals surface area contributed by atoms with E-state index in [-0.39, 0.29) is 17.2 Å². The molecule has 0 aromatic carbocycles. The van der Waals surface area contributed by atoms with Gasteiger partial charge in [0.15, 0.2) is 0 Å². The molecule has 3 aliphatic carbocycles. The summed E-state index contributed by atoms with van der Waals surface area (Å²) in [4.78, 5) is 29.9. The molecule has 0 aromatic rings. The molecular weight excluding hydrogens is 388 g/mol. The van der Waals surface area contributed by atoms with Gasteiger partial charge in [0.2, 0.25) is 11.8 Å². The third-order valence-corrected chi connectivity index (χ3v) is 9.60. The fourth-order valence-corrected chi connectivity index (χ4v) is 7.48. The minimum Gasteiger partial charge on any atom is -0.379 e. The number of hydrogen-bond acceptors (Lipinski definition) is 3. The molecular formula is C26H42N2O3. The van der Waals surface area contributed by atoms with Gasteiger partial charge in [-0.25, -0.2) is 0 Å². The first-order chi connectivity index (χ1) is 15.0. The van der Waals surface area contributed by atoms with Gasteiger partial charge in [0, 0.05) is 32.1 Å². The summed E-state index contributed by atoms with van der Waals surface area (Å²) in [7, 11) is 0. The Morgan fingerprint density at radius 1 is 0.710 bits per heavy atom. The lowest BCUT2D eigenvalue weighted by Gasteiger charge is -2.45. The molecule has 5 rings (SSSR count). The molecule has 0 N–H and O–H groups in total. The predicted molar refractivity (Wildman–Crippen MR) is 120 cm³/mol. The fraction of sp³-hybridized carbons (Fsp3) is 0.923. The average molecular weight is 431 g/mol. The Morgan fingerprint density at radius 2 is 1.23 bits per heavy atom. The van der Waals surface area contributed by atoms with Crippen molar-refractivity contribution in [2.45, 2.75) is 77.6 Å². The number of carbonyl (C=O) groups excluding carboxylic acids is 2. The first-order valence-electron chi connectivity index (χ1n) is 13.2. The van der Waals surface area contributed by atoms with Crippen LogP contribution >= 0.6 is 0 Å². The van der Waals surface area contributed by atoms with E-state index in [1.165, 1.54) is 57.8 Å². The number of carbonyl (C=O) groups is 2. The topological polar surface area (TPSA) is 49.9 Å². The molecule has 3 atom stereocenters. The van der Waals surface area contributed by atoms with Crippen LogP contribution < -0.4 is 0 Å². The van der Waals surface area contributed by atoms with Crippen molar-refractivity contribution in [3.05, 3.63) is 0 Å². The summed E-state index contributed by atoms with van der Waals surface area (Å²) >= 11 is 0. The lowest BCUT2D eigenvalue weighted by Crippen LogP contribution is -2.59. The summed E-state index contributed by atoms with van der Waals surface area (Å²) < 4.78 is 5.25. The van der Waals surface area contributed by atoms with Gasteiger partial charge in [0.1, 0.15) is 0 Å². The molecule has 31 heavy (non-hydrogen) atoms. The van der Waals surface area contributed by atoms with E-state index in [0.29, 0.717) is 45.3 Å². The van der Waals surface area contributed by atoms with Crippen molar-refractivity contribution in [2.75, 3.05) is 39.4 Å². The van der Waals surface area contributed by atoms with Gasteiger partial charge in [0.05, 0.1) is 18.6 Å². The number of nitrogens with zero attached hydrogens (tertiary/aromatic N) is 2. The minimum absolute atomic E-state index is 0.207. The SMILES string of the molecule is CC1(C(=O)N2CCN(C(=O)C3CCC(C4CCC5CCCCC5C4)CC3)CC2)COC1. The van der Waals surface area contributed by atoms with Crippen LogP contribution in [0.15, 0.2) is 0 Å². The maximum atomic E-state index is 13.2. The van der Waals surface area contributed by atoms with E-state index < -0.39 is 0 Å². The molecule has 3 unspecified atom stereocenters. The van der Waals surface area contributed by atoms with Crippen molar-refractivity contribution in [1.82, 2.24) is 9.80 Å². The van der Waals surface area contributed by atoms with E-state index in [1.54, 1.807) is 0 Å². The molecule has 5 nitrogen and oxygen atoms in total. The maximum absolute atomic E-state index is 13.2. The Balaban J connectivity index is 1.06. The Hall–Kier alpha value is -1.10. The first kappa shape index (κ1) is 21.7. The van der Waals surface area contributed by atoms with Crippen LogP contribution in [0.5, 0.6) is 0 Å². The van der Waals surface area contributed by atoms with Crippen molar-refractivity contribution in [2.24, 2.45) is 35.0 Å². The number of fused-ring (bicyclic) bond motifs is 1. The molecule has 5 fully saturated rings. The summed E-state index contributed by atoms with van der Waals surface area (Å²) in [5, 5.41) is 0. The fourth-order valence-electron chi connectivity index (χ4n) is 7.48. The Kier molecular flexibility index (Phi) is 6.33. The highest BCUT2D eigenvalue weighted by molar-refractivity contribution is 5.84. The van der Waals surface area contributed by atoms with Gasteiger partial charge in [0.25, 0.3) is 0 Å². The standard InChI is InChI=1S/C26H42N2O3/c1-26(17-31-18-26)25(30)28-14-12-27(13-15-28)24(29)21-9-6-20(7-10-21)23-11-8-19-4-2-3-5-22(19)16-23/h19-23H,2-18H2,1H3. The summed E-state index contributed by atoms with van der Waals surface area (Å²) in [6.07, 6.45) is 15.0. The van der Waals surface area contributed by atoms with Crippen LogP contribution in [0.4, 0.5) is 0 Å². The van der Waals surface area contributed by atoms with Crippen molar-refractivity contribution >= 4 is 11.8 Å². The van der Waals surface area contributed by atoms with Gasteiger partial charge in [-0.3, -0.25) is 9.59 Å². The zero-order valence-corrected chi connectivity index (χ0v) is 19.5. The summed E-state index contributed by atoms with van der Waals surface area (Å²) in [6, 6.07) is 0. The van der Waals surface area contributed by atoms with Crippen LogP contribution in [-0.4, -0.2) is 61.0 Å². The third kappa shape index (κ3) is 4.41. The highest BCUT2D eigenvalue weighted by Crippen LogP contribution is 2.48. The van der Waals surface area contributed by atoms with Crippen LogP contribution in [0, 0.1) is 35.0 Å². The summed E-state index contributed by atoms with van der Waals surface area (Å²) in [5.74, 6) is 4.64. The van der Waals surface area contributed by atoms with Crippen molar-refractivity contribution in [1.29, 1.82) is 0 Å². The van der Waals surface area contributed by atoms with Gasteiger partial charge in [-0.2, -0.15) is 0 Å². The van der Waals surface area contributed by atoms with Crippen LogP contribution in [0.25, 0.3) is 0 Å². The quantitative estimate of drug-likeness (QED) is 0.677. The molecule has 0 bridgehead atoms. The second-order valence-corrected chi connectivity index (χ2v) is 11.7. The molecule has 5 heteroatoms. The maximum Gasteiger partial charge on any atom is 0.233 e. The minimum atomic E-state index is -0.332. The highest BCUT2D eigenvalue weighted by Gasteiger charge is 2.44. The number of ether oxygens (including phenoxy) is 1. The van der Waals surface area contributed by atoms with Crippen molar-refractivity contribution in [3.8, 4) is 0 Å². The average Bonchev–Trinajstić information content (AvgIpc) is 2.81. The summed E-state index contributed by atoms with van der Waals surface area (Å²) in [5.41, 5.74) is -0.332. The summed E-state index contributed by atoms with van der Waals surface area (Å²) in [6.45, 7) is 5.84. The third-order valence-electron chi connectivity index (χ3n) is 9.60. The molecule has 0 radical (unpaired) electrons. The Bertz CT molecular complexity index is 660. The zero-order chi connectivity index (χ0) is 21.4. The molecule has 2 aliphatic heterocycles. The zero-order valence-electron chi connectivity index (χ0n) is 19.5. The Morgan fingerprint density at radius 3 is 1.87 bits per heavy atom. The molecule has 5 aliphatic rings. The van der Waals surface area contributed by atoms with Crippen molar-refractivity contribution < 1.29 is 14.3 Å². The van der Waals surface area contributed by atoms with Gasteiger partial charge < -0.3 is 14.5 Å². The second kappa shape index (κ2) is 9.03. The van der Waals surface area contributed by atoms with E-state index in [0.717, 1.165) is 36.5 Å². The van der Waals surface area contributed by atoms with E-state index in [2.05, 4.69) is 0 Å². The van der Waals surface area contributed by atoms with E-state index in [4.69, 9.17) is 4.74 Å². The monoisotopic (exact) mass is 430 g/mol. The van der Waals surface area contributed by atoms with Gasteiger partial charge >= 0.3 is 0 Å². The normalized spacial score (nSPS) is 38.2. The molecule has 2 heterocycles. The van der Waals surface area contributed by atoms with E-state index in [9.17, 15) is 9.59 Å². The van der Waals surface area contributed by atoms with Crippen molar-refractivity contribution in [3.63, 3.8) is 0 Å². The van der Waals surface area contributed by atoms with Crippen LogP contribution in [0.1, 0.15) is 77.6 Å². The van der Waals surface area contributed by atoms with Crippen LogP contribution in [-0.2, 0) is 14.3 Å². The van der Waals surface area contributed by atoms with E-state index >= 15 is 0 Å². The van der Waals surface area contributed by atoms with Gasteiger partial charge in [-0.15, -0.1) is 0 Å². The number of rotatable bonds is 3. The smallest absolute Gasteiger partial charge is 0.233 e. The lowest BCUT2D eigenvalue weighted by atomic mass is 9.62.